The largest absolute Gasteiger partial charge is 0.481 e. The molecule has 0 saturated carbocycles. The Morgan fingerprint density at radius 3 is 2.81 bits per heavy atom. The highest BCUT2D eigenvalue weighted by Crippen LogP contribution is 2.18. The Kier molecular flexibility index (Phi) is 8.12. The summed E-state index contributed by atoms with van der Waals surface area (Å²) in [6.07, 6.45) is 1.64. The van der Waals surface area contributed by atoms with E-state index in [-0.39, 0.29) is 13.1 Å². The summed E-state index contributed by atoms with van der Waals surface area (Å²) in [5, 5.41) is 8.97. The SMILES string of the molecule is COCCOCCCNS(=O)(=O)N1CCCC(C(=O)O)C1. The van der Waals surface area contributed by atoms with Crippen LogP contribution in [-0.4, -0.2) is 70.4 Å². The zero-order valence-corrected chi connectivity index (χ0v) is 13.1. The minimum absolute atomic E-state index is 0.0367. The van der Waals surface area contributed by atoms with Crippen LogP contribution in [0.25, 0.3) is 0 Å². The van der Waals surface area contributed by atoms with Crippen molar-refractivity contribution in [3.63, 3.8) is 0 Å². The number of carboxylic acids is 1. The highest BCUT2D eigenvalue weighted by Gasteiger charge is 2.31. The molecule has 0 bridgehead atoms. The van der Waals surface area contributed by atoms with Crippen molar-refractivity contribution in [1.29, 1.82) is 0 Å². The molecular weight excluding hydrogens is 300 g/mol. The molecule has 1 saturated heterocycles. The molecule has 0 aromatic carbocycles. The lowest BCUT2D eigenvalue weighted by molar-refractivity contribution is -0.142. The molecule has 1 atom stereocenters. The molecule has 0 aromatic rings. The summed E-state index contributed by atoms with van der Waals surface area (Å²) in [6.45, 7) is 2.11. The predicted molar refractivity (Wildman–Crippen MR) is 76.2 cm³/mol. The molecule has 0 amide bonds. The molecule has 0 spiro atoms. The van der Waals surface area contributed by atoms with Crippen molar-refractivity contribution in [1.82, 2.24) is 9.03 Å². The molecule has 1 heterocycles. The van der Waals surface area contributed by atoms with Crippen molar-refractivity contribution in [2.75, 3.05) is 46.6 Å². The maximum Gasteiger partial charge on any atom is 0.307 e. The van der Waals surface area contributed by atoms with Crippen LogP contribution in [-0.2, 0) is 24.5 Å². The van der Waals surface area contributed by atoms with E-state index in [0.29, 0.717) is 45.6 Å². The first-order chi connectivity index (χ1) is 9.97. The number of nitrogens with one attached hydrogen (secondary N) is 1. The summed E-state index contributed by atoms with van der Waals surface area (Å²) < 4.78 is 37.8. The zero-order valence-electron chi connectivity index (χ0n) is 12.3. The number of hydrogen-bond acceptors (Lipinski definition) is 5. The molecule has 0 aromatic heterocycles. The number of hydrogen-bond donors (Lipinski definition) is 2. The normalized spacial score (nSPS) is 20.5. The van der Waals surface area contributed by atoms with Crippen molar-refractivity contribution in [2.45, 2.75) is 19.3 Å². The van der Waals surface area contributed by atoms with Crippen LogP contribution in [0.1, 0.15) is 19.3 Å². The highest BCUT2D eigenvalue weighted by molar-refractivity contribution is 7.87. The van der Waals surface area contributed by atoms with Crippen LogP contribution in [0.5, 0.6) is 0 Å². The van der Waals surface area contributed by atoms with Crippen LogP contribution in [0.2, 0.25) is 0 Å². The fourth-order valence-electron chi connectivity index (χ4n) is 2.07. The molecule has 21 heavy (non-hydrogen) atoms. The van der Waals surface area contributed by atoms with Crippen LogP contribution in [0, 0.1) is 5.92 Å². The number of ether oxygens (including phenoxy) is 2. The van der Waals surface area contributed by atoms with Gasteiger partial charge < -0.3 is 14.6 Å². The van der Waals surface area contributed by atoms with Gasteiger partial charge >= 0.3 is 5.97 Å². The Balaban J connectivity index is 2.27. The van der Waals surface area contributed by atoms with E-state index < -0.39 is 22.1 Å². The number of piperidine rings is 1. The number of nitrogens with zero attached hydrogens (tertiary/aromatic N) is 1. The van der Waals surface area contributed by atoms with Crippen LogP contribution in [0.4, 0.5) is 0 Å². The van der Waals surface area contributed by atoms with E-state index in [9.17, 15) is 13.2 Å². The van der Waals surface area contributed by atoms with E-state index >= 15 is 0 Å². The summed E-state index contributed by atoms with van der Waals surface area (Å²) in [4.78, 5) is 10.9. The van der Waals surface area contributed by atoms with Gasteiger partial charge in [0.1, 0.15) is 0 Å². The highest BCUT2D eigenvalue weighted by atomic mass is 32.2. The molecule has 1 aliphatic rings. The minimum Gasteiger partial charge on any atom is -0.481 e. The van der Waals surface area contributed by atoms with Crippen LogP contribution in [0.15, 0.2) is 0 Å². The van der Waals surface area contributed by atoms with Gasteiger partial charge in [-0.1, -0.05) is 0 Å². The standard InChI is InChI=1S/C12H24N2O6S/c1-19-8-9-20-7-3-5-13-21(17,18)14-6-2-4-11(10-14)12(15)16/h11,13H,2-10H2,1H3,(H,15,16). The fraction of sp³-hybridized carbons (Fsp3) is 0.917. The second-order valence-electron chi connectivity index (χ2n) is 4.89. The maximum atomic E-state index is 12.1. The quantitative estimate of drug-likeness (QED) is 0.533. The molecule has 1 aliphatic heterocycles. The average Bonchev–Trinajstić information content (AvgIpc) is 2.46. The molecule has 8 nitrogen and oxygen atoms in total. The first-order valence-electron chi connectivity index (χ1n) is 7.01. The van der Waals surface area contributed by atoms with Gasteiger partial charge in [0.05, 0.1) is 19.1 Å². The third-order valence-corrected chi connectivity index (χ3v) is 4.84. The summed E-state index contributed by atoms with van der Waals surface area (Å²) in [5.74, 6) is -1.56. The second-order valence-corrected chi connectivity index (χ2v) is 6.65. The second kappa shape index (κ2) is 9.31. The van der Waals surface area contributed by atoms with Crippen LogP contribution >= 0.6 is 0 Å². The van der Waals surface area contributed by atoms with Crippen molar-refractivity contribution in [2.24, 2.45) is 5.92 Å². The monoisotopic (exact) mass is 324 g/mol. The predicted octanol–water partition coefficient (Wildman–Crippen LogP) is -0.329. The molecular formula is C12H24N2O6S. The maximum absolute atomic E-state index is 12.1. The minimum atomic E-state index is -3.61. The van der Waals surface area contributed by atoms with Crippen molar-refractivity contribution in [3.05, 3.63) is 0 Å². The van der Waals surface area contributed by atoms with E-state index in [0.717, 1.165) is 0 Å². The Morgan fingerprint density at radius 1 is 1.38 bits per heavy atom. The van der Waals surface area contributed by atoms with E-state index in [1.54, 1.807) is 7.11 Å². The van der Waals surface area contributed by atoms with Gasteiger partial charge in [0.25, 0.3) is 10.2 Å². The number of aliphatic carboxylic acids is 1. The van der Waals surface area contributed by atoms with Crippen LogP contribution < -0.4 is 4.72 Å². The third-order valence-electron chi connectivity index (χ3n) is 3.25. The van der Waals surface area contributed by atoms with Crippen LogP contribution in [0.3, 0.4) is 0 Å². The van der Waals surface area contributed by atoms with Gasteiger partial charge in [-0.15, -0.1) is 0 Å². The Hall–Kier alpha value is -0.740. The fourth-order valence-corrected chi connectivity index (χ4v) is 3.40. The number of carbonyl (C=O) groups is 1. The first-order valence-corrected chi connectivity index (χ1v) is 8.45. The zero-order chi connectivity index (χ0) is 15.7. The lowest BCUT2D eigenvalue weighted by Gasteiger charge is -2.29. The molecule has 1 rings (SSSR count). The number of rotatable bonds is 10. The molecule has 9 heteroatoms. The average molecular weight is 324 g/mol. The van der Waals surface area contributed by atoms with E-state index in [1.807, 2.05) is 0 Å². The summed E-state index contributed by atoms with van der Waals surface area (Å²) >= 11 is 0. The lowest BCUT2D eigenvalue weighted by atomic mass is 10.0. The first kappa shape index (κ1) is 18.3. The Bertz CT molecular complexity index is 414. The van der Waals surface area contributed by atoms with Gasteiger partial charge in [-0.2, -0.15) is 12.7 Å². The topological polar surface area (TPSA) is 105 Å². The third kappa shape index (κ3) is 6.70. The van der Waals surface area contributed by atoms with Gasteiger partial charge in [-0.3, -0.25) is 4.79 Å². The number of carboxylic acid groups (broad SMARTS) is 1. The van der Waals surface area contributed by atoms with Gasteiger partial charge in [-0.25, -0.2) is 4.72 Å². The Morgan fingerprint density at radius 2 is 2.14 bits per heavy atom. The smallest absolute Gasteiger partial charge is 0.307 e. The van der Waals surface area contributed by atoms with E-state index in [1.165, 1.54) is 4.31 Å². The van der Waals surface area contributed by atoms with E-state index in [4.69, 9.17) is 14.6 Å². The molecule has 0 aliphatic carbocycles. The van der Waals surface area contributed by atoms with Gasteiger partial charge in [-0.05, 0) is 19.3 Å². The molecule has 1 fully saturated rings. The summed E-state index contributed by atoms with van der Waals surface area (Å²) in [7, 11) is -2.02. The van der Waals surface area contributed by atoms with Crippen molar-refractivity contribution >= 4 is 16.2 Å². The molecule has 1 unspecified atom stereocenters. The van der Waals surface area contributed by atoms with Gasteiger partial charge in [0, 0.05) is 33.4 Å². The van der Waals surface area contributed by atoms with Gasteiger partial charge in [0.2, 0.25) is 0 Å². The van der Waals surface area contributed by atoms with Crippen molar-refractivity contribution < 1.29 is 27.8 Å². The molecule has 124 valence electrons. The number of methoxy groups -OCH3 is 1. The van der Waals surface area contributed by atoms with Gasteiger partial charge in [0.15, 0.2) is 0 Å². The lowest BCUT2D eigenvalue weighted by Crippen LogP contribution is -2.47. The molecule has 2 N–H and O–H groups in total. The molecule has 0 radical (unpaired) electrons. The Labute approximate surface area is 125 Å². The van der Waals surface area contributed by atoms with Crippen molar-refractivity contribution in [3.8, 4) is 0 Å². The summed E-state index contributed by atoms with van der Waals surface area (Å²) in [5.41, 5.74) is 0. The van der Waals surface area contributed by atoms with E-state index in [2.05, 4.69) is 4.72 Å². The summed E-state index contributed by atoms with van der Waals surface area (Å²) in [6, 6.07) is 0.